The van der Waals surface area contributed by atoms with Gasteiger partial charge in [0, 0.05) is 6.54 Å². The van der Waals surface area contributed by atoms with Gasteiger partial charge in [-0.25, -0.2) is 0 Å². The Morgan fingerprint density at radius 2 is 1.58 bits per heavy atom. The number of carbonyl (C=O) groups excluding carboxylic acids is 1. The molecule has 0 radical (unpaired) electrons. The van der Waals surface area contributed by atoms with Crippen LogP contribution in [0.2, 0.25) is 0 Å². The van der Waals surface area contributed by atoms with Crippen molar-refractivity contribution in [2.75, 3.05) is 6.54 Å². The fourth-order valence-corrected chi connectivity index (χ4v) is 3.43. The fraction of sp³-hybridized carbons (Fsp3) is 0.938. The molecule has 0 saturated heterocycles. The molecule has 2 fully saturated rings. The summed E-state index contributed by atoms with van der Waals surface area (Å²) in [5, 5.41) is 0. The Morgan fingerprint density at radius 1 is 1.05 bits per heavy atom. The number of hydrogen-bond acceptors (Lipinski definition) is 3. The molecule has 0 aliphatic heterocycles. The molecule has 0 aromatic carbocycles. The third-order valence-corrected chi connectivity index (χ3v) is 5.29. The topological polar surface area (TPSA) is 52.3 Å². The summed E-state index contributed by atoms with van der Waals surface area (Å²) in [5.41, 5.74) is 5.53. The van der Waals surface area contributed by atoms with E-state index in [0.29, 0.717) is 6.54 Å². The molecule has 0 amide bonds. The lowest BCUT2D eigenvalue weighted by atomic mass is 9.71. The van der Waals surface area contributed by atoms with Crippen LogP contribution in [-0.2, 0) is 9.53 Å². The minimum Gasteiger partial charge on any atom is -0.462 e. The van der Waals surface area contributed by atoms with E-state index in [-0.39, 0.29) is 17.5 Å². The summed E-state index contributed by atoms with van der Waals surface area (Å²) in [7, 11) is 0. The van der Waals surface area contributed by atoms with Crippen LogP contribution in [0.5, 0.6) is 0 Å². The molecule has 3 heteroatoms. The van der Waals surface area contributed by atoms with Gasteiger partial charge in [0.2, 0.25) is 0 Å². The van der Waals surface area contributed by atoms with Gasteiger partial charge in [-0.05, 0) is 63.2 Å². The highest BCUT2D eigenvalue weighted by Crippen LogP contribution is 2.40. The molecule has 0 unspecified atom stereocenters. The zero-order valence-corrected chi connectivity index (χ0v) is 12.5. The Hall–Kier alpha value is -0.570. The van der Waals surface area contributed by atoms with Crippen LogP contribution in [0.1, 0.15) is 65.2 Å². The van der Waals surface area contributed by atoms with Gasteiger partial charge < -0.3 is 10.5 Å². The predicted molar refractivity (Wildman–Crippen MR) is 76.6 cm³/mol. The molecular formula is C16H29NO2. The lowest BCUT2D eigenvalue weighted by Crippen LogP contribution is -2.44. The summed E-state index contributed by atoms with van der Waals surface area (Å²) < 4.78 is 5.79. The van der Waals surface area contributed by atoms with Gasteiger partial charge in [0.25, 0.3) is 0 Å². The standard InChI is InChI=1S/C16H29NO2/c1-12-3-5-14(6-4-12)19-15(18)16(11-17)9-7-13(2)8-10-16/h12-14H,3-11,17H2,1-2H3. The second-order valence-electron chi connectivity index (χ2n) is 6.95. The molecule has 2 rings (SSSR count). The Kier molecular flexibility index (Phi) is 4.88. The van der Waals surface area contributed by atoms with Gasteiger partial charge in [0.1, 0.15) is 6.10 Å². The third-order valence-electron chi connectivity index (χ3n) is 5.29. The molecule has 0 aromatic heterocycles. The molecule has 110 valence electrons. The first-order valence-electron chi connectivity index (χ1n) is 7.97. The van der Waals surface area contributed by atoms with Crippen molar-refractivity contribution in [2.45, 2.75) is 71.3 Å². The molecule has 0 atom stereocenters. The van der Waals surface area contributed by atoms with E-state index in [0.717, 1.165) is 50.4 Å². The Balaban J connectivity index is 1.90. The van der Waals surface area contributed by atoms with Crippen LogP contribution in [-0.4, -0.2) is 18.6 Å². The van der Waals surface area contributed by atoms with Crippen LogP contribution in [0.25, 0.3) is 0 Å². The zero-order valence-electron chi connectivity index (χ0n) is 12.5. The van der Waals surface area contributed by atoms with Crippen molar-refractivity contribution >= 4 is 5.97 Å². The van der Waals surface area contributed by atoms with Gasteiger partial charge in [-0.15, -0.1) is 0 Å². The lowest BCUT2D eigenvalue weighted by Gasteiger charge is -2.38. The zero-order chi connectivity index (χ0) is 13.9. The van der Waals surface area contributed by atoms with E-state index in [2.05, 4.69) is 13.8 Å². The Morgan fingerprint density at radius 3 is 2.11 bits per heavy atom. The fourth-order valence-electron chi connectivity index (χ4n) is 3.43. The largest absolute Gasteiger partial charge is 0.462 e. The molecule has 2 saturated carbocycles. The predicted octanol–water partition coefficient (Wildman–Crippen LogP) is 3.26. The molecule has 2 aliphatic rings. The van der Waals surface area contributed by atoms with Gasteiger partial charge in [0.15, 0.2) is 0 Å². The maximum atomic E-state index is 12.5. The van der Waals surface area contributed by atoms with Crippen LogP contribution in [0.15, 0.2) is 0 Å². The Bertz CT molecular complexity index is 300. The highest BCUT2D eigenvalue weighted by atomic mass is 16.5. The maximum Gasteiger partial charge on any atom is 0.313 e. The summed E-state index contributed by atoms with van der Waals surface area (Å²) in [4.78, 5) is 12.5. The van der Waals surface area contributed by atoms with Crippen molar-refractivity contribution in [3.05, 3.63) is 0 Å². The first-order valence-corrected chi connectivity index (χ1v) is 7.97. The number of nitrogens with two attached hydrogens (primary N) is 1. The van der Waals surface area contributed by atoms with E-state index in [1.54, 1.807) is 0 Å². The quantitative estimate of drug-likeness (QED) is 0.798. The van der Waals surface area contributed by atoms with Crippen LogP contribution in [0, 0.1) is 17.3 Å². The molecule has 0 spiro atoms. The molecular weight excluding hydrogens is 238 g/mol. The van der Waals surface area contributed by atoms with E-state index < -0.39 is 0 Å². The first-order chi connectivity index (χ1) is 9.05. The SMILES string of the molecule is CC1CCC(OC(=O)C2(CN)CCC(C)CC2)CC1. The number of carbonyl (C=O) groups is 1. The summed E-state index contributed by atoms with van der Waals surface area (Å²) >= 11 is 0. The summed E-state index contributed by atoms with van der Waals surface area (Å²) in [5.74, 6) is 1.50. The molecule has 19 heavy (non-hydrogen) atoms. The van der Waals surface area contributed by atoms with Gasteiger partial charge in [-0.1, -0.05) is 13.8 Å². The van der Waals surface area contributed by atoms with Crippen LogP contribution >= 0.6 is 0 Å². The van der Waals surface area contributed by atoms with Crippen molar-refractivity contribution in [1.29, 1.82) is 0 Å². The van der Waals surface area contributed by atoms with E-state index in [1.165, 1.54) is 12.8 Å². The molecule has 2 aliphatic carbocycles. The van der Waals surface area contributed by atoms with Gasteiger partial charge in [-0.2, -0.15) is 0 Å². The monoisotopic (exact) mass is 267 g/mol. The van der Waals surface area contributed by atoms with E-state index in [9.17, 15) is 4.79 Å². The molecule has 3 nitrogen and oxygen atoms in total. The summed E-state index contributed by atoms with van der Waals surface area (Å²) in [6.45, 7) is 4.98. The van der Waals surface area contributed by atoms with E-state index in [4.69, 9.17) is 10.5 Å². The second-order valence-corrected chi connectivity index (χ2v) is 6.95. The maximum absolute atomic E-state index is 12.5. The highest BCUT2D eigenvalue weighted by molar-refractivity contribution is 5.77. The van der Waals surface area contributed by atoms with E-state index in [1.807, 2.05) is 0 Å². The minimum absolute atomic E-state index is 0.0125. The lowest BCUT2D eigenvalue weighted by molar-refractivity contribution is -0.165. The van der Waals surface area contributed by atoms with Crippen LogP contribution in [0.4, 0.5) is 0 Å². The van der Waals surface area contributed by atoms with Crippen LogP contribution < -0.4 is 5.73 Å². The summed E-state index contributed by atoms with van der Waals surface area (Å²) in [6, 6.07) is 0. The number of esters is 1. The molecule has 0 bridgehead atoms. The van der Waals surface area contributed by atoms with Crippen molar-refractivity contribution in [3.63, 3.8) is 0 Å². The van der Waals surface area contributed by atoms with Gasteiger partial charge >= 0.3 is 5.97 Å². The van der Waals surface area contributed by atoms with Gasteiger partial charge in [-0.3, -0.25) is 4.79 Å². The van der Waals surface area contributed by atoms with Gasteiger partial charge in [0.05, 0.1) is 5.41 Å². The number of rotatable bonds is 3. The van der Waals surface area contributed by atoms with Crippen LogP contribution in [0.3, 0.4) is 0 Å². The molecule has 0 heterocycles. The van der Waals surface area contributed by atoms with Crippen molar-refractivity contribution < 1.29 is 9.53 Å². The van der Waals surface area contributed by atoms with Crippen molar-refractivity contribution in [2.24, 2.45) is 23.0 Å². The third kappa shape index (κ3) is 3.50. The highest BCUT2D eigenvalue weighted by Gasteiger charge is 2.42. The summed E-state index contributed by atoms with van der Waals surface area (Å²) in [6.07, 6.45) is 8.61. The normalized spacial score (nSPS) is 39.8. The second kappa shape index (κ2) is 6.25. The van der Waals surface area contributed by atoms with Crippen molar-refractivity contribution in [1.82, 2.24) is 0 Å². The van der Waals surface area contributed by atoms with Crippen molar-refractivity contribution in [3.8, 4) is 0 Å². The molecule has 2 N–H and O–H groups in total. The number of hydrogen-bond donors (Lipinski definition) is 1. The average Bonchev–Trinajstić information content (AvgIpc) is 2.42. The first kappa shape index (κ1) is 14.8. The number of ether oxygens (including phenoxy) is 1. The average molecular weight is 267 g/mol. The van der Waals surface area contributed by atoms with E-state index >= 15 is 0 Å². The smallest absolute Gasteiger partial charge is 0.313 e. The Labute approximate surface area is 117 Å². The molecule has 0 aromatic rings. The minimum atomic E-state index is -0.379.